The van der Waals surface area contributed by atoms with E-state index in [1.54, 1.807) is 13.8 Å². The van der Waals surface area contributed by atoms with Gasteiger partial charge in [0.2, 0.25) is 0 Å². The highest BCUT2D eigenvalue weighted by Gasteiger charge is 2.49. The minimum Gasteiger partial charge on any atom is -0.365 e. The molecular formula is C16H18O5. The van der Waals surface area contributed by atoms with Crippen LogP contribution in [0.1, 0.15) is 25.5 Å². The lowest BCUT2D eigenvalue weighted by Gasteiger charge is -2.28. The summed E-state index contributed by atoms with van der Waals surface area (Å²) in [5.41, 5.74) is 0.911. The van der Waals surface area contributed by atoms with E-state index in [9.17, 15) is 9.90 Å². The van der Waals surface area contributed by atoms with E-state index in [-0.39, 0.29) is 5.78 Å². The number of hydrogen-bond acceptors (Lipinski definition) is 5. The molecule has 0 radical (unpaired) electrons. The predicted octanol–water partition coefficient (Wildman–Crippen LogP) is 1.72. The zero-order valence-corrected chi connectivity index (χ0v) is 11.9. The van der Waals surface area contributed by atoms with Gasteiger partial charge in [-0.15, -0.1) is 0 Å². The van der Waals surface area contributed by atoms with E-state index >= 15 is 0 Å². The summed E-state index contributed by atoms with van der Waals surface area (Å²) in [7, 11) is 0. The van der Waals surface area contributed by atoms with E-state index in [4.69, 9.17) is 14.2 Å². The minimum atomic E-state index is -1.10. The number of aliphatic hydroxyl groups is 1. The van der Waals surface area contributed by atoms with Crippen molar-refractivity contribution in [3.05, 3.63) is 48.0 Å². The number of ketones is 1. The van der Waals surface area contributed by atoms with E-state index in [1.807, 2.05) is 30.3 Å². The minimum absolute atomic E-state index is 0.229. The van der Waals surface area contributed by atoms with E-state index in [1.165, 1.54) is 12.2 Å². The Morgan fingerprint density at radius 2 is 1.81 bits per heavy atom. The quantitative estimate of drug-likeness (QED) is 0.898. The smallest absolute Gasteiger partial charge is 0.187 e. The molecule has 21 heavy (non-hydrogen) atoms. The Balaban J connectivity index is 1.91. The van der Waals surface area contributed by atoms with Gasteiger partial charge in [-0.3, -0.25) is 4.79 Å². The summed E-state index contributed by atoms with van der Waals surface area (Å²) in [6, 6.07) is 9.55. The molecule has 1 unspecified atom stereocenters. The Morgan fingerprint density at radius 3 is 2.52 bits per heavy atom. The van der Waals surface area contributed by atoms with Crippen LogP contribution >= 0.6 is 0 Å². The summed E-state index contributed by atoms with van der Waals surface area (Å²) in [6.07, 6.45) is -0.357. The van der Waals surface area contributed by atoms with Crippen molar-refractivity contribution in [1.82, 2.24) is 0 Å². The maximum absolute atomic E-state index is 12.1. The summed E-state index contributed by atoms with van der Waals surface area (Å²) in [5, 5.41) is 9.59. The third-order valence-electron chi connectivity index (χ3n) is 3.55. The van der Waals surface area contributed by atoms with Crippen LogP contribution in [0.25, 0.3) is 0 Å². The summed E-state index contributed by atoms with van der Waals surface area (Å²) in [5.74, 6) is -1.05. The topological polar surface area (TPSA) is 65.0 Å². The molecule has 2 aliphatic heterocycles. The zero-order chi connectivity index (χ0) is 15.0. The van der Waals surface area contributed by atoms with Crippen LogP contribution in [-0.4, -0.2) is 35.2 Å². The highest BCUT2D eigenvalue weighted by Crippen LogP contribution is 2.41. The van der Waals surface area contributed by atoms with Gasteiger partial charge in [-0.2, -0.15) is 0 Å². The van der Waals surface area contributed by atoms with Crippen molar-refractivity contribution in [3.63, 3.8) is 0 Å². The molecule has 0 aromatic heterocycles. The van der Waals surface area contributed by atoms with Gasteiger partial charge in [0, 0.05) is 0 Å². The molecule has 0 aliphatic carbocycles. The average molecular weight is 290 g/mol. The number of carbonyl (C=O) groups excluding carboxylic acids is 1. The molecule has 4 atom stereocenters. The van der Waals surface area contributed by atoms with Crippen LogP contribution in [0.2, 0.25) is 0 Å². The molecule has 1 fully saturated rings. The third-order valence-corrected chi connectivity index (χ3v) is 3.55. The van der Waals surface area contributed by atoms with Gasteiger partial charge in [-0.25, -0.2) is 0 Å². The number of aliphatic hydroxyl groups excluding tert-OH is 1. The summed E-state index contributed by atoms with van der Waals surface area (Å²) in [6.45, 7) is 3.59. The number of rotatable bonds is 2. The second-order valence-corrected chi connectivity index (χ2v) is 5.64. The molecule has 2 heterocycles. The Labute approximate surface area is 123 Å². The molecule has 5 heteroatoms. The first-order valence-corrected chi connectivity index (χ1v) is 6.92. The second-order valence-electron chi connectivity index (χ2n) is 5.64. The molecule has 0 amide bonds. The molecule has 0 spiro atoms. The van der Waals surface area contributed by atoms with Crippen molar-refractivity contribution in [2.24, 2.45) is 0 Å². The van der Waals surface area contributed by atoms with Gasteiger partial charge in [0.25, 0.3) is 0 Å². The first-order chi connectivity index (χ1) is 9.96. The first-order valence-electron chi connectivity index (χ1n) is 6.92. The van der Waals surface area contributed by atoms with Gasteiger partial charge in [-0.1, -0.05) is 30.3 Å². The number of hydrogen-bond donors (Lipinski definition) is 1. The van der Waals surface area contributed by atoms with E-state index in [2.05, 4.69) is 0 Å². The standard InChI is InChI=1S/C16H18O5/c1-16(2)20-13(10-6-4-3-5-7-10)15(21-16)14-11(17)8-9-12(18)19-14/h3-9,12-15,18H,1-2H3/t12?,13-,14-,15+/m0/s1. The Morgan fingerprint density at radius 1 is 1.10 bits per heavy atom. The molecule has 5 nitrogen and oxygen atoms in total. The number of ether oxygens (including phenoxy) is 3. The molecule has 1 aromatic carbocycles. The fourth-order valence-corrected chi connectivity index (χ4v) is 2.69. The molecule has 1 aromatic rings. The maximum atomic E-state index is 12.1. The SMILES string of the molecule is CC1(C)O[C@@H]([C@H]2OC(O)C=CC2=O)[C@H](c2ccccc2)O1. The van der Waals surface area contributed by atoms with E-state index in [0.717, 1.165) is 5.56 Å². The lowest BCUT2D eigenvalue weighted by molar-refractivity contribution is -0.185. The Hall–Kier alpha value is -1.53. The van der Waals surface area contributed by atoms with Crippen LogP contribution in [0.15, 0.2) is 42.5 Å². The van der Waals surface area contributed by atoms with Crippen LogP contribution < -0.4 is 0 Å². The van der Waals surface area contributed by atoms with Crippen LogP contribution in [0.3, 0.4) is 0 Å². The second kappa shape index (κ2) is 5.35. The van der Waals surface area contributed by atoms with Crippen LogP contribution in [0.5, 0.6) is 0 Å². The van der Waals surface area contributed by atoms with Crippen molar-refractivity contribution in [2.75, 3.05) is 0 Å². The average Bonchev–Trinajstić information content (AvgIpc) is 2.78. The number of carbonyl (C=O) groups is 1. The molecule has 112 valence electrons. The molecule has 1 saturated heterocycles. The molecular weight excluding hydrogens is 272 g/mol. The summed E-state index contributed by atoms with van der Waals surface area (Å²) in [4.78, 5) is 12.1. The Kier molecular flexibility index (Phi) is 3.67. The highest BCUT2D eigenvalue weighted by atomic mass is 16.8. The van der Waals surface area contributed by atoms with Crippen LogP contribution in [0.4, 0.5) is 0 Å². The molecule has 0 saturated carbocycles. The lowest BCUT2D eigenvalue weighted by atomic mass is 9.97. The molecule has 0 bridgehead atoms. The predicted molar refractivity (Wildman–Crippen MR) is 74.2 cm³/mol. The van der Waals surface area contributed by atoms with Crippen molar-refractivity contribution >= 4 is 5.78 Å². The van der Waals surface area contributed by atoms with Gasteiger partial charge in [0.05, 0.1) is 0 Å². The largest absolute Gasteiger partial charge is 0.365 e. The maximum Gasteiger partial charge on any atom is 0.187 e. The first kappa shape index (κ1) is 14.4. The normalized spacial score (nSPS) is 35.1. The van der Waals surface area contributed by atoms with Crippen molar-refractivity contribution < 1.29 is 24.1 Å². The van der Waals surface area contributed by atoms with E-state index in [0.29, 0.717) is 0 Å². The summed E-state index contributed by atoms with van der Waals surface area (Å²) >= 11 is 0. The van der Waals surface area contributed by atoms with Crippen LogP contribution in [0, 0.1) is 0 Å². The molecule has 2 aliphatic rings. The van der Waals surface area contributed by atoms with Crippen LogP contribution in [-0.2, 0) is 19.0 Å². The van der Waals surface area contributed by atoms with Gasteiger partial charge >= 0.3 is 0 Å². The lowest BCUT2D eigenvalue weighted by Crippen LogP contribution is -2.43. The molecule has 3 rings (SSSR count). The monoisotopic (exact) mass is 290 g/mol. The Bertz CT molecular complexity index is 551. The van der Waals surface area contributed by atoms with Crippen molar-refractivity contribution in [2.45, 2.75) is 44.2 Å². The van der Waals surface area contributed by atoms with E-state index < -0.39 is 30.4 Å². The fraction of sp³-hybridized carbons (Fsp3) is 0.438. The highest BCUT2D eigenvalue weighted by molar-refractivity contribution is 5.94. The molecule has 1 N–H and O–H groups in total. The van der Waals surface area contributed by atoms with Gasteiger partial charge in [0.15, 0.2) is 24.0 Å². The van der Waals surface area contributed by atoms with Crippen molar-refractivity contribution in [3.8, 4) is 0 Å². The van der Waals surface area contributed by atoms with Gasteiger partial charge in [-0.05, 0) is 31.6 Å². The number of benzene rings is 1. The summed E-state index contributed by atoms with van der Waals surface area (Å²) < 4.78 is 17.1. The zero-order valence-electron chi connectivity index (χ0n) is 11.9. The fourth-order valence-electron chi connectivity index (χ4n) is 2.69. The van der Waals surface area contributed by atoms with Crippen molar-refractivity contribution in [1.29, 1.82) is 0 Å². The van der Waals surface area contributed by atoms with Gasteiger partial charge in [0.1, 0.15) is 12.2 Å². The van der Waals surface area contributed by atoms with Gasteiger partial charge < -0.3 is 19.3 Å². The third kappa shape index (κ3) is 2.91.